The molecule has 0 bridgehead atoms. The van der Waals surface area contributed by atoms with Crippen molar-refractivity contribution in [3.63, 3.8) is 0 Å². The van der Waals surface area contributed by atoms with Gasteiger partial charge in [-0.05, 0) is 40.5 Å². The molecule has 0 aliphatic heterocycles. The maximum absolute atomic E-state index is 5.90. The van der Waals surface area contributed by atoms with Crippen molar-refractivity contribution in [2.24, 2.45) is 0 Å². The van der Waals surface area contributed by atoms with Crippen molar-refractivity contribution in [2.75, 3.05) is 5.32 Å². The first-order valence-corrected chi connectivity index (χ1v) is 6.18. The third-order valence-electron chi connectivity index (χ3n) is 2.31. The summed E-state index contributed by atoms with van der Waals surface area (Å²) in [6, 6.07) is 4.02. The number of hydrogen-bond donors (Lipinski definition) is 1. The Bertz CT molecular complexity index is 506. The Labute approximate surface area is 113 Å². The van der Waals surface area contributed by atoms with E-state index in [1.807, 2.05) is 19.1 Å². The molecule has 0 saturated carbocycles. The minimum Gasteiger partial charge on any atom is -0.362 e. The first-order valence-electron chi connectivity index (χ1n) is 5.01. The minimum atomic E-state index is 0.111. The van der Waals surface area contributed by atoms with E-state index >= 15 is 0 Å². The molecular weight excluding hydrogens is 304 g/mol. The van der Waals surface area contributed by atoms with Gasteiger partial charge in [0.15, 0.2) is 0 Å². The molecule has 0 aliphatic carbocycles. The fourth-order valence-corrected chi connectivity index (χ4v) is 1.84. The van der Waals surface area contributed by atoms with Gasteiger partial charge in [0.1, 0.15) is 17.3 Å². The van der Waals surface area contributed by atoms with Crippen LogP contribution >= 0.6 is 27.5 Å². The van der Waals surface area contributed by atoms with Crippen molar-refractivity contribution in [2.45, 2.75) is 13.0 Å². The minimum absolute atomic E-state index is 0.111. The van der Waals surface area contributed by atoms with E-state index in [2.05, 4.69) is 36.2 Å². The number of rotatable bonds is 3. The summed E-state index contributed by atoms with van der Waals surface area (Å²) in [4.78, 5) is 12.0. The molecule has 1 N–H and O–H groups in total. The lowest BCUT2D eigenvalue weighted by Gasteiger charge is -2.15. The topological polar surface area (TPSA) is 50.7 Å². The Morgan fingerprint density at radius 3 is 2.71 bits per heavy atom. The fraction of sp³-hybridized carbons (Fsp3) is 0.182. The highest BCUT2D eigenvalue weighted by Gasteiger charge is 2.10. The zero-order valence-electron chi connectivity index (χ0n) is 9.06. The summed E-state index contributed by atoms with van der Waals surface area (Å²) < 4.78 is 0.669. The van der Waals surface area contributed by atoms with Crippen molar-refractivity contribution in [1.29, 1.82) is 0 Å². The van der Waals surface area contributed by atoms with Crippen molar-refractivity contribution in [1.82, 2.24) is 15.0 Å². The van der Waals surface area contributed by atoms with Crippen LogP contribution in [0.25, 0.3) is 0 Å². The second-order valence-corrected chi connectivity index (χ2v) is 4.62. The zero-order chi connectivity index (χ0) is 12.3. The molecular formula is C11H10BrClN4. The van der Waals surface area contributed by atoms with Crippen LogP contribution in [0.5, 0.6) is 0 Å². The monoisotopic (exact) mass is 312 g/mol. The van der Waals surface area contributed by atoms with Crippen LogP contribution in [0, 0.1) is 0 Å². The van der Waals surface area contributed by atoms with Gasteiger partial charge in [-0.3, -0.25) is 4.98 Å². The molecule has 0 radical (unpaired) electrons. The molecule has 0 saturated heterocycles. The number of halogens is 2. The van der Waals surface area contributed by atoms with E-state index in [4.69, 9.17) is 11.6 Å². The van der Waals surface area contributed by atoms with Crippen molar-refractivity contribution < 1.29 is 0 Å². The highest BCUT2D eigenvalue weighted by atomic mass is 79.9. The van der Waals surface area contributed by atoms with Gasteiger partial charge in [0, 0.05) is 12.4 Å². The molecule has 2 aromatic rings. The number of nitrogens with one attached hydrogen (secondary N) is 1. The number of hydrogen-bond acceptors (Lipinski definition) is 4. The molecule has 2 aromatic heterocycles. The first-order chi connectivity index (χ1) is 8.18. The average Bonchev–Trinajstić information content (AvgIpc) is 2.36. The van der Waals surface area contributed by atoms with Crippen LogP contribution in [-0.2, 0) is 0 Å². The van der Waals surface area contributed by atoms with E-state index in [1.54, 1.807) is 12.4 Å². The van der Waals surface area contributed by atoms with Crippen molar-refractivity contribution in [3.8, 4) is 0 Å². The molecule has 6 heteroatoms. The second-order valence-electron chi connectivity index (χ2n) is 3.47. The van der Waals surface area contributed by atoms with Gasteiger partial charge in [-0.2, -0.15) is 0 Å². The van der Waals surface area contributed by atoms with E-state index in [9.17, 15) is 0 Å². The van der Waals surface area contributed by atoms with Crippen LogP contribution in [0.1, 0.15) is 18.5 Å². The summed E-state index contributed by atoms with van der Waals surface area (Å²) >= 11 is 9.24. The van der Waals surface area contributed by atoms with E-state index in [-0.39, 0.29) is 6.04 Å². The molecule has 1 unspecified atom stereocenters. The lowest BCUT2D eigenvalue weighted by atomic mass is 10.1. The Balaban J connectivity index is 2.19. The lowest BCUT2D eigenvalue weighted by molar-refractivity contribution is 0.866. The summed E-state index contributed by atoms with van der Waals surface area (Å²) in [6.07, 6.45) is 4.94. The number of anilines is 1. The third-order valence-corrected chi connectivity index (χ3v) is 3.57. The van der Waals surface area contributed by atoms with E-state index in [0.717, 1.165) is 5.56 Å². The molecule has 2 heterocycles. The Hall–Kier alpha value is -1.20. The maximum Gasteiger partial charge on any atom is 0.148 e. The fourth-order valence-electron chi connectivity index (χ4n) is 1.39. The highest BCUT2D eigenvalue weighted by Crippen LogP contribution is 2.28. The number of nitrogens with zero attached hydrogens (tertiary/aromatic N) is 3. The van der Waals surface area contributed by atoms with E-state index < -0.39 is 0 Å². The molecule has 0 fully saturated rings. The molecule has 4 nitrogen and oxygen atoms in total. The third kappa shape index (κ3) is 2.92. The van der Waals surface area contributed by atoms with Gasteiger partial charge in [0.2, 0.25) is 0 Å². The molecule has 1 atom stereocenters. The standard InChI is InChI=1S/C11H10BrClN4/c1-7(8-2-4-14-5-3-8)17-11-9(12)10(13)15-6-16-11/h2-7H,1H3,(H,15,16,17). The van der Waals surface area contributed by atoms with Gasteiger partial charge in [0.05, 0.1) is 10.5 Å². The van der Waals surface area contributed by atoms with Crippen molar-refractivity contribution in [3.05, 3.63) is 46.0 Å². The summed E-state index contributed by atoms with van der Waals surface area (Å²) in [5.41, 5.74) is 1.13. The highest BCUT2D eigenvalue weighted by molar-refractivity contribution is 9.10. The predicted molar refractivity (Wildman–Crippen MR) is 71.0 cm³/mol. The average molecular weight is 314 g/mol. The maximum atomic E-state index is 5.90. The molecule has 0 spiro atoms. The quantitative estimate of drug-likeness (QED) is 0.882. The second kappa shape index (κ2) is 5.42. The van der Waals surface area contributed by atoms with Gasteiger partial charge < -0.3 is 5.32 Å². The molecule has 17 heavy (non-hydrogen) atoms. The molecule has 0 aromatic carbocycles. The number of aromatic nitrogens is 3. The summed E-state index contributed by atoms with van der Waals surface area (Å²) in [7, 11) is 0. The largest absolute Gasteiger partial charge is 0.362 e. The molecule has 0 amide bonds. The van der Waals surface area contributed by atoms with Crippen LogP contribution < -0.4 is 5.32 Å². The Morgan fingerprint density at radius 1 is 1.29 bits per heavy atom. The Kier molecular flexibility index (Phi) is 3.91. The van der Waals surface area contributed by atoms with E-state index in [1.165, 1.54) is 6.33 Å². The van der Waals surface area contributed by atoms with Gasteiger partial charge in [0.25, 0.3) is 0 Å². The van der Waals surface area contributed by atoms with Crippen LogP contribution in [0.4, 0.5) is 5.82 Å². The van der Waals surface area contributed by atoms with Crippen LogP contribution in [-0.4, -0.2) is 15.0 Å². The van der Waals surface area contributed by atoms with Crippen molar-refractivity contribution >= 4 is 33.3 Å². The smallest absolute Gasteiger partial charge is 0.148 e. The molecule has 0 aliphatic rings. The molecule has 88 valence electrons. The summed E-state index contributed by atoms with van der Waals surface area (Å²) in [5.74, 6) is 0.675. The number of pyridine rings is 1. The van der Waals surface area contributed by atoms with Gasteiger partial charge >= 0.3 is 0 Å². The molecule has 2 rings (SSSR count). The Morgan fingerprint density at radius 2 is 2.00 bits per heavy atom. The summed E-state index contributed by atoms with van der Waals surface area (Å²) in [6.45, 7) is 2.04. The normalized spacial score (nSPS) is 12.2. The van der Waals surface area contributed by atoms with Gasteiger partial charge in [-0.1, -0.05) is 11.6 Å². The SMILES string of the molecule is CC(Nc1ncnc(Cl)c1Br)c1ccncc1. The van der Waals surface area contributed by atoms with Crippen LogP contribution in [0.2, 0.25) is 5.15 Å². The summed E-state index contributed by atoms with van der Waals surface area (Å²) in [5, 5.41) is 3.65. The first kappa shape index (κ1) is 12.3. The predicted octanol–water partition coefficient (Wildman–Crippen LogP) is 3.46. The van der Waals surface area contributed by atoms with E-state index in [0.29, 0.717) is 15.4 Å². The van der Waals surface area contributed by atoms with Crippen LogP contribution in [0.15, 0.2) is 35.3 Å². The van der Waals surface area contributed by atoms with Gasteiger partial charge in [-0.15, -0.1) is 0 Å². The van der Waals surface area contributed by atoms with Crippen LogP contribution in [0.3, 0.4) is 0 Å². The lowest BCUT2D eigenvalue weighted by Crippen LogP contribution is -2.08. The van der Waals surface area contributed by atoms with Gasteiger partial charge in [-0.25, -0.2) is 9.97 Å². The zero-order valence-corrected chi connectivity index (χ0v) is 11.4.